The molecule has 1 aromatic carbocycles. The van der Waals surface area contributed by atoms with Gasteiger partial charge in [0.05, 0.1) is 0 Å². The van der Waals surface area contributed by atoms with E-state index in [1.165, 1.54) is 25.0 Å². The summed E-state index contributed by atoms with van der Waals surface area (Å²) < 4.78 is 18.7. The third-order valence-electron chi connectivity index (χ3n) is 5.61. The Balaban J connectivity index is 0.00000280. The van der Waals surface area contributed by atoms with Crippen LogP contribution in [0.1, 0.15) is 33.1 Å². The van der Waals surface area contributed by atoms with Crippen molar-refractivity contribution in [1.82, 2.24) is 10.2 Å². The Bertz CT molecular complexity index is 613. The van der Waals surface area contributed by atoms with Crippen LogP contribution in [-0.4, -0.2) is 63.3 Å². The number of piperazine rings is 1. The van der Waals surface area contributed by atoms with E-state index in [4.69, 9.17) is 9.73 Å². The van der Waals surface area contributed by atoms with E-state index in [0.29, 0.717) is 5.41 Å². The summed E-state index contributed by atoms with van der Waals surface area (Å²) in [4.78, 5) is 9.63. The van der Waals surface area contributed by atoms with Gasteiger partial charge in [-0.3, -0.25) is 4.99 Å². The third-order valence-corrected chi connectivity index (χ3v) is 5.61. The van der Waals surface area contributed by atoms with Crippen LogP contribution in [0.5, 0.6) is 0 Å². The van der Waals surface area contributed by atoms with Crippen LogP contribution < -0.4 is 10.2 Å². The van der Waals surface area contributed by atoms with E-state index in [0.717, 1.165) is 70.6 Å². The highest BCUT2D eigenvalue weighted by Crippen LogP contribution is 2.49. The first kappa shape index (κ1) is 23.2. The van der Waals surface area contributed by atoms with E-state index in [1.54, 1.807) is 0 Å². The molecule has 1 saturated heterocycles. The van der Waals surface area contributed by atoms with Crippen molar-refractivity contribution in [1.29, 1.82) is 0 Å². The van der Waals surface area contributed by atoms with Gasteiger partial charge in [-0.15, -0.1) is 24.0 Å². The minimum absolute atomic E-state index is 0. The molecule has 1 aromatic rings. The molecule has 158 valence electrons. The molecule has 2 fully saturated rings. The number of rotatable bonds is 8. The molecule has 0 amide bonds. The zero-order valence-corrected chi connectivity index (χ0v) is 19.5. The normalized spacial score (nSPS) is 18.6. The predicted octanol–water partition coefficient (Wildman–Crippen LogP) is 3.74. The fraction of sp³-hybridized carbons (Fsp3) is 0.667. The molecule has 0 aromatic heterocycles. The lowest BCUT2D eigenvalue weighted by Crippen LogP contribution is -2.52. The highest BCUT2D eigenvalue weighted by Gasteiger charge is 2.42. The summed E-state index contributed by atoms with van der Waals surface area (Å²) in [6.07, 6.45) is 3.64. The molecule has 0 spiro atoms. The van der Waals surface area contributed by atoms with Crippen molar-refractivity contribution < 1.29 is 9.13 Å². The van der Waals surface area contributed by atoms with Crippen LogP contribution in [0.2, 0.25) is 0 Å². The van der Waals surface area contributed by atoms with Crippen molar-refractivity contribution in [3.63, 3.8) is 0 Å². The van der Waals surface area contributed by atoms with Crippen LogP contribution in [0, 0.1) is 11.2 Å². The number of anilines is 1. The molecule has 1 saturated carbocycles. The van der Waals surface area contributed by atoms with Crippen molar-refractivity contribution in [2.45, 2.75) is 33.1 Å². The van der Waals surface area contributed by atoms with Gasteiger partial charge < -0.3 is 19.9 Å². The van der Waals surface area contributed by atoms with Crippen molar-refractivity contribution >= 4 is 35.6 Å². The maximum absolute atomic E-state index is 13.1. The Morgan fingerprint density at radius 2 is 1.82 bits per heavy atom. The number of nitrogens with zero attached hydrogens (tertiary/aromatic N) is 3. The Morgan fingerprint density at radius 1 is 1.14 bits per heavy atom. The summed E-state index contributed by atoms with van der Waals surface area (Å²) in [6, 6.07) is 6.79. The smallest absolute Gasteiger partial charge is 0.194 e. The van der Waals surface area contributed by atoms with Crippen molar-refractivity contribution in [2.24, 2.45) is 10.4 Å². The fourth-order valence-electron chi connectivity index (χ4n) is 3.59. The number of hydrogen-bond acceptors (Lipinski definition) is 3. The van der Waals surface area contributed by atoms with Gasteiger partial charge in [-0.1, -0.05) is 0 Å². The number of ether oxygens (including phenoxy) is 1. The summed E-state index contributed by atoms with van der Waals surface area (Å²) in [5, 5.41) is 3.46. The van der Waals surface area contributed by atoms with Gasteiger partial charge in [0.15, 0.2) is 5.96 Å². The molecule has 1 heterocycles. The molecular weight excluding hydrogens is 470 g/mol. The molecule has 0 atom stereocenters. The maximum atomic E-state index is 13.1. The highest BCUT2D eigenvalue weighted by molar-refractivity contribution is 14.0. The summed E-state index contributed by atoms with van der Waals surface area (Å²) >= 11 is 0. The molecular formula is C21H34FIN4O. The summed E-state index contributed by atoms with van der Waals surface area (Å²) in [5.41, 5.74) is 1.46. The number of hydrogen-bond donors (Lipinski definition) is 1. The Morgan fingerprint density at radius 3 is 2.39 bits per heavy atom. The second-order valence-corrected chi connectivity index (χ2v) is 7.57. The standard InChI is InChI=1S/C21H33FN4O.HI/c1-3-23-20(24-17-21(9-10-21)11-16-27-4-2)26-14-12-25(13-15-26)19-7-5-18(22)6-8-19;/h5-8H,3-4,9-17H2,1-2H3,(H,23,24);1H. The van der Waals surface area contributed by atoms with Crippen LogP contribution in [0.25, 0.3) is 0 Å². The van der Waals surface area contributed by atoms with E-state index in [9.17, 15) is 4.39 Å². The Labute approximate surface area is 185 Å². The van der Waals surface area contributed by atoms with Gasteiger partial charge in [-0.2, -0.15) is 0 Å². The van der Waals surface area contributed by atoms with Crippen molar-refractivity contribution in [2.75, 3.05) is 57.4 Å². The average molecular weight is 504 g/mol. The highest BCUT2D eigenvalue weighted by atomic mass is 127. The van der Waals surface area contributed by atoms with Gasteiger partial charge in [0, 0.05) is 58.2 Å². The van der Waals surface area contributed by atoms with Crippen LogP contribution in [0.15, 0.2) is 29.3 Å². The van der Waals surface area contributed by atoms with Gasteiger partial charge >= 0.3 is 0 Å². The molecule has 28 heavy (non-hydrogen) atoms. The minimum Gasteiger partial charge on any atom is -0.382 e. The number of guanidine groups is 1. The van der Waals surface area contributed by atoms with E-state index in [2.05, 4.69) is 22.0 Å². The lowest BCUT2D eigenvalue weighted by Gasteiger charge is -2.37. The molecule has 5 nitrogen and oxygen atoms in total. The first-order valence-corrected chi connectivity index (χ1v) is 10.3. The van der Waals surface area contributed by atoms with Crippen LogP contribution in [-0.2, 0) is 4.74 Å². The van der Waals surface area contributed by atoms with Gasteiger partial charge in [0.2, 0.25) is 0 Å². The van der Waals surface area contributed by atoms with E-state index < -0.39 is 0 Å². The molecule has 7 heteroatoms. The SMILES string of the molecule is CCNC(=NCC1(CCOCC)CC1)N1CCN(c2ccc(F)cc2)CC1.I. The molecule has 0 unspecified atom stereocenters. The van der Waals surface area contributed by atoms with Gasteiger partial charge in [-0.05, 0) is 62.8 Å². The van der Waals surface area contributed by atoms with Crippen molar-refractivity contribution in [3.8, 4) is 0 Å². The first-order valence-electron chi connectivity index (χ1n) is 10.3. The lowest BCUT2D eigenvalue weighted by atomic mass is 10.0. The molecule has 2 aliphatic rings. The molecule has 3 rings (SSSR count). The van der Waals surface area contributed by atoms with E-state index >= 15 is 0 Å². The zero-order valence-electron chi connectivity index (χ0n) is 17.1. The van der Waals surface area contributed by atoms with Gasteiger partial charge in [0.25, 0.3) is 0 Å². The maximum Gasteiger partial charge on any atom is 0.194 e. The third kappa shape index (κ3) is 6.47. The number of aliphatic imine (C=N–C) groups is 1. The van der Waals surface area contributed by atoms with Crippen LogP contribution in [0.4, 0.5) is 10.1 Å². The largest absolute Gasteiger partial charge is 0.382 e. The van der Waals surface area contributed by atoms with Gasteiger partial charge in [0.1, 0.15) is 5.82 Å². The molecule has 0 radical (unpaired) electrons. The number of nitrogens with one attached hydrogen (secondary N) is 1. The monoisotopic (exact) mass is 504 g/mol. The number of halogens is 2. The topological polar surface area (TPSA) is 40.1 Å². The second kappa shape index (κ2) is 11.2. The molecule has 1 aliphatic heterocycles. The molecule has 1 aliphatic carbocycles. The Kier molecular flexibility index (Phi) is 9.27. The average Bonchev–Trinajstić information content (AvgIpc) is 3.46. The van der Waals surface area contributed by atoms with Crippen LogP contribution in [0.3, 0.4) is 0 Å². The minimum atomic E-state index is -0.183. The van der Waals surface area contributed by atoms with E-state index in [1.807, 2.05) is 19.1 Å². The quantitative estimate of drug-likeness (QED) is 0.254. The van der Waals surface area contributed by atoms with E-state index in [-0.39, 0.29) is 29.8 Å². The molecule has 1 N–H and O–H groups in total. The summed E-state index contributed by atoms with van der Waals surface area (Å²) in [5.74, 6) is 0.844. The van der Waals surface area contributed by atoms with Crippen LogP contribution >= 0.6 is 24.0 Å². The Hall–Kier alpha value is -1.09. The first-order chi connectivity index (χ1) is 13.2. The predicted molar refractivity (Wildman–Crippen MR) is 124 cm³/mol. The van der Waals surface area contributed by atoms with Crippen molar-refractivity contribution in [3.05, 3.63) is 30.1 Å². The second-order valence-electron chi connectivity index (χ2n) is 7.57. The number of benzene rings is 1. The summed E-state index contributed by atoms with van der Waals surface area (Å²) in [6.45, 7) is 11.3. The lowest BCUT2D eigenvalue weighted by molar-refractivity contribution is 0.129. The molecule has 0 bridgehead atoms. The van der Waals surface area contributed by atoms with Gasteiger partial charge in [-0.25, -0.2) is 4.39 Å². The zero-order chi connectivity index (χ0) is 19.1. The fourth-order valence-corrected chi connectivity index (χ4v) is 3.59. The summed E-state index contributed by atoms with van der Waals surface area (Å²) in [7, 11) is 0.